The van der Waals surface area contributed by atoms with Gasteiger partial charge in [-0.15, -0.1) is 0 Å². The molecule has 1 aliphatic heterocycles. The van der Waals surface area contributed by atoms with E-state index in [-0.39, 0.29) is 26.0 Å². The molecule has 7 nitrogen and oxygen atoms in total. The van der Waals surface area contributed by atoms with Crippen molar-refractivity contribution >= 4 is 0 Å². The fourth-order valence-electron chi connectivity index (χ4n) is 2.43. The molecule has 0 bridgehead atoms. The van der Waals surface area contributed by atoms with Gasteiger partial charge in [-0.3, -0.25) is 18.3 Å². The monoisotopic (exact) mass is 301 g/mol. The molecule has 0 aliphatic carbocycles. The van der Waals surface area contributed by atoms with Gasteiger partial charge in [0.1, 0.15) is 12.3 Å². The van der Waals surface area contributed by atoms with Crippen molar-refractivity contribution < 1.29 is 19.3 Å². The molecule has 8 heteroatoms. The molecule has 1 fully saturated rings. The Balaban J connectivity index is 2.39. The third-order valence-corrected chi connectivity index (χ3v) is 3.58. The highest BCUT2D eigenvalue weighted by Gasteiger charge is 2.35. The Morgan fingerprint density at radius 1 is 1.48 bits per heavy atom. The van der Waals surface area contributed by atoms with Crippen LogP contribution in [0.1, 0.15) is 24.6 Å². The Labute approximate surface area is 120 Å². The third-order valence-electron chi connectivity index (χ3n) is 3.58. The van der Waals surface area contributed by atoms with E-state index in [0.717, 1.165) is 4.57 Å². The Morgan fingerprint density at radius 3 is 2.76 bits per heavy atom. The van der Waals surface area contributed by atoms with Crippen molar-refractivity contribution in [2.24, 2.45) is 0 Å². The first kappa shape index (κ1) is 15.9. The van der Waals surface area contributed by atoms with Crippen LogP contribution in [0, 0.1) is 6.92 Å². The lowest BCUT2D eigenvalue weighted by atomic mass is 10.2. The summed E-state index contributed by atoms with van der Waals surface area (Å²) in [6.45, 7) is 0.575. The lowest BCUT2D eigenvalue weighted by Crippen LogP contribution is -2.42. The Kier molecular flexibility index (Phi) is 4.92. The summed E-state index contributed by atoms with van der Waals surface area (Å²) in [4.78, 5) is 24.3. The molecule has 118 valence electrons. The Bertz CT molecular complexity index is 612. The summed E-state index contributed by atoms with van der Waals surface area (Å²) in [6, 6.07) is 0. The van der Waals surface area contributed by atoms with Crippen molar-refractivity contribution in [3.8, 4) is 0 Å². The van der Waals surface area contributed by atoms with Gasteiger partial charge < -0.3 is 14.9 Å². The Hall–Kier alpha value is -1.51. The molecule has 1 aromatic heterocycles. The van der Waals surface area contributed by atoms with Crippen LogP contribution in [0.3, 0.4) is 0 Å². The van der Waals surface area contributed by atoms with E-state index in [1.807, 2.05) is 0 Å². The highest BCUT2D eigenvalue weighted by molar-refractivity contribution is 5.04. The second kappa shape index (κ2) is 6.50. The van der Waals surface area contributed by atoms with Gasteiger partial charge in [0.05, 0.1) is 19.4 Å². The number of halogens is 1. The largest absolute Gasteiger partial charge is 0.394 e. The van der Waals surface area contributed by atoms with Gasteiger partial charge >= 0.3 is 5.69 Å². The van der Waals surface area contributed by atoms with Crippen LogP contribution in [0.5, 0.6) is 0 Å². The average molecular weight is 301 g/mol. The number of rotatable bonds is 5. The first-order chi connectivity index (χ1) is 9.99. The smallest absolute Gasteiger partial charge is 0.333 e. The minimum absolute atomic E-state index is 0.00541. The van der Waals surface area contributed by atoms with Crippen molar-refractivity contribution in [1.82, 2.24) is 9.13 Å². The van der Waals surface area contributed by atoms with Gasteiger partial charge in [-0.1, -0.05) is 0 Å². The molecule has 2 heterocycles. The minimum atomic E-state index is -0.876. The summed E-state index contributed by atoms with van der Waals surface area (Å²) in [5, 5.41) is 18.8. The van der Waals surface area contributed by atoms with Gasteiger partial charge in [-0.25, -0.2) is 4.79 Å². The van der Waals surface area contributed by atoms with E-state index in [0.29, 0.717) is 5.56 Å². The summed E-state index contributed by atoms with van der Waals surface area (Å²) >= 11 is 0. The molecule has 0 radical (unpaired) electrons. The molecule has 0 amide bonds. The van der Waals surface area contributed by atoms with E-state index in [4.69, 9.17) is 9.84 Å². The molecule has 0 saturated carbocycles. The molecule has 0 aromatic carbocycles. The molecule has 3 atom stereocenters. The van der Waals surface area contributed by atoms with Crippen molar-refractivity contribution in [1.29, 1.82) is 0 Å². The molecule has 21 heavy (non-hydrogen) atoms. The third kappa shape index (κ3) is 3.07. The van der Waals surface area contributed by atoms with Crippen molar-refractivity contribution in [2.75, 3.05) is 13.3 Å². The van der Waals surface area contributed by atoms with Gasteiger partial charge in [0, 0.05) is 24.7 Å². The predicted octanol–water partition coefficient (Wildman–Crippen LogP) is -0.681. The molecule has 0 spiro atoms. The Morgan fingerprint density at radius 2 is 2.19 bits per heavy atom. The molecular weight excluding hydrogens is 282 g/mol. The summed E-state index contributed by atoms with van der Waals surface area (Å²) < 4.78 is 19.9. The van der Waals surface area contributed by atoms with Gasteiger partial charge in [-0.05, 0) is 13.3 Å². The maximum absolute atomic E-state index is 12.3. The number of aliphatic hydroxyl groups is 2. The van der Waals surface area contributed by atoms with Crippen LogP contribution in [0.4, 0.5) is 4.39 Å². The van der Waals surface area contributed by atoms with Crippen LogP contribution in [-0.2, 0) is 11.3 Å². The van der Waals surface area contributed by atoms with Gasteiger partial charge in [0.15, 0.2) is 0 Å². The van der Waals surface area contributed by atoms with Gasteiger partial charge in [0.2, 0.25) is 0 Å². The number of nitrogens with zero attached hydrogens (tertiary/aromatic N) is 2. The van der Waals surface area contributed by atoms with Gasteiger partial charge in [-0.2, -0.15) is 0 Å². The molecular formula is C13H19FN2O5. The molecule has 2 rings (SSSR count). The van der Waals surface area contributed by atoms with Crippen LogP contribution < -0.4 is 11.2 Å². The van der Waals surface area contributed by atoms with E-state index in [1.165, 1.54) is 10.8 Å². The zero-order valence-corrected chi connectivity index (χ0v) is 11.7. The molecule has 2 N–H and O–H groups in total. The van der Waals surface area contributed by atoms with Crippen LogP contribution in [-0.4, -0.2) is 44.8 Å². The van der Waals surface area contributed by atoms with Crippen LogP contribution in [0.2, 0.25) is 0 Å². The lowest BCUT2D eigenvalue weighted by molar-refractivity contribution is -0.0464. The molecule has 1 aliphatic rings. The van der Waals surface area contributed by atoms with E-state index in [2.05, 4.69) is 0 Å². The van der Waals surface area contributed by atoms with Crippen molar-refractivity contribution in [3.05, 3.63) is 32.6 Å². The number of aromatic nitrogens is 2. The summed E-state index contributed by atoms with van der Waals surface area (Å²) in [5.74, 6) is 0. The van der Waals surface area contributed by atoms with Crippen LogP contribution in [0.15, 0.2) is 15.8 Å². The molecule has 1 aromatic rings. The molecule has 0 unspecified atom stereocenters. The SMILES string of the molecule is Cc1cn([C@H]2C[C@H](O)[C@@H](CO)O2)c(=O)n(CCC[18F])c1=O. The number of aryl methyl sites for hydroxylation is 1. The quantitative estimate of drug-likeness (QED) is 0.751. The summed E-state index contributed by atoms with van der Waals surface area (Å²) in [7, 11) is 0. The summed E-state index contributed by atoms with van der Waals surface area (Å²) in [6.07, 6.45) is -0.793. The average Bonchev–Trinajstić information content (AvgIpc) is 2.84. The summed E-state index contributed by atoms with van der Waals surface area (Å²) in [5.41, 5.74) is -0.726. The van der Waals surface area contributed by atoms with Crippen molar-refractivity contribution in [3.63, 3.8) is 0 Å². The number of ether oxygens (including phenoxy) is 1. The second-order valence-corrected chi connectivity index (χ2v) is 5.12. The normalized spacial score (nSPS) is 25.4. The first-order valence-electron chi connectivity index (χ1n) is 6.82. The second-order valence-electron chi connectivity index (χ2n) is 5.12. The minimum Gasteiger partial charge on any atom is -0.394 e. The predicted molar refractivity (Wildman–Crippen MR) is 71.9 cm³/mol. The highest BCUT2D eigenvalue weighted by Crippen LogP contribution is 2.27. The maximum atomic E-state index is 12.3. The van der Waals surface area contributed by atoms with E-state index >= 15 is 0 Å². The van der Waals surface area contributed by atoms with Gasteiger partial charge in [0.25, 0.3) is 5.56 Å². The van der Waals surface area contributed by atoms with Crippen LogP contribution >= 0.6 is 0 Å². The molecule has 1 saturated heterocycles. The maximum Gasteiger partial charge on any atom is 0.333 e. The zero-order valence-electron chi connectivity index (χ0n) is 11.7. The van der Waals surface area contributed by atoms with Crippen LogP contribution in [0.25, 0.3) is 0 Å². The fourth-order valence-corrected chi connectivity index (χ4v) is 2.43. The number of hydrogen-bond acceptors (Lipinski definition) is 5. The lowest BCUT2D eigenvalue weighted by Gasteiger charge is -2.17. The highest BCUT2D eigenvalue weighted by atomic mass is 18.2. The fraction of sp³-hybridized carbons (Fsp3) is 0.692. The number of aliphatic hydroxyl groups excluding tert-OH is 2. The number of hydrogen-bond donors (Lipinski definition) is 2. The van der Waals surface area contributed by atoms with E-state index in [9.17, 15) is 19.1 Å². The standard InChI is InChI=1S/C13H19FN2O5/c1-8-6-16(11-5-9(18)10(7-17)21-11)13(20)15(12(8)19)4-2-3-14/h6,9-11,17-18H,2-5,7H2,1H3/t9-,10+,11+/m0/s1/i14-1. The van der Waals surface area contributed by atoms with E-state index in [1.54, 1.807) is 6.92 Å². The van der Waals surface area contributed by atoms with E-state index < -0.39 is 36.4 Å². The first-order valence-corrected chi connectivity index (χ1v) is 6.82. The van der Waals surface area contributed by atoms with Crippen molar-refractivity contribution in [2.45, 2.75) is 44.7 Å². The zero-order chi connectivity index (χ0) is 15.6. The number of alkyl halides is 1. The topological polar surface area (TPSA) is 93.7 Å².